The van der Waals surface area contributed by atoms with Crippen LogP contribution in [0.1, 0.15) is 28.0 Å². The minimum atomic E-state index is -0.378. The molecule has 1 aliphatic carbocycles. The lowest BCUT2D eigenvalue weighted by atomic mass is 10.2. The topological polar surface area (TPSA) is 61.3 Å². The van der Waals surface area contributed by atoms with E-state index in [0.29, 0.717) is 27.4 Å². The van der Waals surface area contributed by atoms with Crippen molar-refractivity contribution in [2.45, 2.75) is 19.3 Å². The van der Waals surface area contributed by atoms with Gasteiger partial charge in [-0.1, -0.05) is 11.6 Å². The Kier molecular flexibility index (Phi) is 4.61. The number of nitrogens with zero attached hydrogens (tertiary/aromatic N) is 2. The Hall–Kier alpha value is -2.44. The molecule has 0 fully saturated rings. The summed E-state index contributed by atoms with van der Waals surface area (Å²) in [6.45, 7) is 0. The predicted molar refractivity (Wildman–Crippen MR) is 100 cm³/mol. The fourth-order valence-electron chi connectivity index (χ4n) is 2.92. The number of hydrogen-bond donors (Lipinski definition) is 0. The van der Waals surface area contributed by atoms with E-state index in [0.717, 1.165) is 35.4 Å². The van der Waals surface area contributed by atoms with Crippen LogP contribution in [0.25, 0.3) is 10.7 Å². The summed E-state index contributed by atoms with van der Waals surface area (Å²) in [6, 6.07) is 10.6. The molecule has 0 radical (unpaired) electrons. The highest BCUT2D eigenvalue weighted by Crippen LogP contribution is 2.36. The number of esters is 1. The molecule has 0 N–H and O–H groups in total. The molecule has 132 valence electrons. The van der Waals surface area contributed by atoms with Gasteiger partial charge in [0.2, 0.25) is 5.88 Å². The van der Waals surface area contributed by atoms with E-state index in [4.69, 9.17) is 21.1 Å². The van der Waals surface area contributed by atoms with Gasteiger partial charge in [-0.25, -0.2) is 9.78 Å². The van der Waals surface area contributed by atoms with Crippen LogP contribution >= 0.6 is 22.9 Å². The molecule has 0 saturated heterocycles. The zero-order valence-electron chi connectivity index (χ0n) is 14.0. The van der Waals surface area contributed by atoms with Crippen molar-refractivity contribution in [3.63, 3.8) is 0 Å². The van der Waals surface area contributed by atoms with E-state index in [9.17, 15) is 4.79 Å². The van der Waals surface area contributed by atoms with Gasteiger partial charge in [0.05, 0.1) is 27.6 Å². The largest absolute Gasteiger partial charge is 0.465 e. The number of aromatic nitrogens is 2. The minimum absolute atomic E-state index is 0.378. The van der Waals surface area contributed by atoms with Crippen LogP contribution in [-0.2, 0) is 17.6 Å². The van der Waals surface area contributed by atoms with E-state index in [1.807, 2.05) is 12.1 Å². The summed E-state index contributed by atoms with van der Waals surface area (Å²) in [5.41, 5.74) is 2.55. The van der Waals surface area contributed by atoms with Gasteiger partial charge in [-0.3, -0.25) is 0 Å². The Morgan fingerprint density at radius 1 is 1.12 bits per heavy atom. The highest BCUT2D eigenvalue weighted by molar-refractivity contribution is 7.19. The van der Waals surface area contributed by atoms with Crippen molar-refractivity contribution in [2.75, 3.05) is 7.11 Å². The first-order valence-electron chi connectivity index (χ1n) is 8.16. The fraction of sp³-hybridized carbons (Fsp3) is 0.211. The molecule has 2 aromatic heterocycles. The molecule has 4 rings (SSSR count). The van der Waals surface area contributed by atoms with Crippen LogP contribution in [0, 0.1) is 0 Å². The van der Waals surface area contributed by atoms with Crippen LogP contribution < -0.4 is 4.74 Å². The number of fused-ring (bicyclic) bond motifs is 1. The molecule has 1 aromatic carbocycles. The average Bonchev–Trinajstić information content (AvgIpc) is 3.30. The van der Waals surface area contributed by atoms with Crippen LogP contribution in [0.2, 0.25) is 4.34 Å². The SMILES string of the molecule is COC(=O)c1ccc(Oc2nc(-c3ccc(Cl)s3)nc3c2CCC3)cc1. The van der Waals surface area contributed by atoms with Gasteiger partial charge in [0.25, 0.3) is 0 Å². The molecule has 3 aromatic rings. The molecule has 0 atom stereocenters. The number of thiophene rings is 1. The van der Waals surface area contributed by atoms with E-state index >= 15 is 0 Å². The average molecular weight is 387 g/mol. The third-order valence-corrected chi connectivity index (χ3v) is 5.41. The number of ether oxygens (including phenoxy) is 2. The van der Waals surface area contributed by atoms with Gasteiger partial charge in [-0.05, 0) is 55.7 Å². The number of methoxy groups -OCH3 is 1. The maximum absolute atomic E-state index is 11.5. The normalized spacial score (nSPS) is 12.7. The Balaban J connectivity index is 1.67. The molecule has 5 nitrogen and oxygen atoms in total. The molecule has 0 unspecified atom stereocenters. The number of hydrogen-bond acceptors (Lipinski definition) is 6. The van der Waals surface area contributed by atoms with Crippen molar-refractivity contribution >= 4 is 28.9 Å². The van der Waals surface area contributed by atoms with Crippen LogP contribution in [0.5, 0.6) is 11.6 Å². The van der Waals surface area contributed by atoms with Gasteiger partial charge in [0, 0.05) is 5.56 Å². The molecule has 1 aliphatic rings. The van der Waals surface area contributed by atoms with Crippen LogP contribution in [0.3, 0.4) is 0 Å². The van der Waals surface area contributed by atoms with E-state index in [-0.39, 0.29) is 5.97 Å². The van der Waals surface area contributed by atoms with E-state index in [2.05, 4.69) is 9.97 Å². The van der Waals surface area contributed by atoms with Gasteiger partial charge in [-0.2, -0.15) is 4.98 Å². The molecular weight excluding hydrogens is 372 g/mol. The van der Waals surface area contributed by atoms with Gasteiger partial charge in [0.1, 0.15) is 5.75 Å². The van der Waals surface area contributed by atoms with Crippen molar-refractivity contribution < 1.29 is 14.3 Å². The first-order valence-corrected chi connectivity index (χ1v) is 9.35. The van der Waals surface area contributed by atoms with Crippen molar-refractivity contribution in [2.24, 2.45) is 0 Å². The second kappa shape index (κ2) is 7.05. The molecule has 0 saturated carbocycles. The summed E-state index contributed by atoms with van der Waals surface area (Å²) >= 11 is 7.49. The van der Waals surface area contributed by atoms with Crippen molar-refractivity contribution in [1.29, 1.82) is 0 Å². The Morgan fingerprint density at radius 2 is 1.92 bits per heavy atom. The molecule has 0 spiro atoms. The van der Waals surface area contributed by atoms with Crippen molar-refractivity contribution in [3.05, 3.63) is 57.6 Å². The highest BCUT2D eigenvalue weighted by atomic mass is 35.5. The summed E-state index contributed by atoms with van der Waals surface area (Å²) in [5.74, 6) is 1.43. The molecule has 2 heterocycles. The zero-order chi connectivity index (χ0) is 18.1. The second-order valence-electron chi connectivity index (χ2n) is 5.85. The fourth-order valence-corrected chi connectivity index (χ4v) is 3.89. The predicted octanol–water partition coefficient (Wildman–Crippen LogP) is 4.93. The second-order valence-corrected chi connectivity index (χ2v) is 7.57. The Labute approximate surface area is 159 Å². The summed E-state index contributed by atoms with van der Waals surface area (Å²) in [4.78, 5) is 21.8. The van der Waals surface area contributed by atoms with Crippen molar-refractivity contribution in [1.82, 2.24) is 9.97 Å². The molecule has 26 heavy (non-hydrogen) atoms. The molecule has 0 aliphatic heterocycles. The quantitative estimate of drug-likeness (QED) is 0.595. The summed E-state index contributed by atoms with van der Waals surface area (Å²) in [6.07, 6.45) is 2.86. The molecular formula is C19H15ClN2O3S. The van der Waals surface area contributed by atoms with Crippen molar-refractivity contribution in [3.8, 4) is 22.3 Å². The lowest BCUT2D eigenvalue weighted by Crippen LogP contribution is -2.02. The maximum atomic E-state index is 11.5. The highest BCUT2D eigenvalue weighted by Gasteiger charge is 2.22. The monoisotopic (exact) mass is 386 g/mol. The minimum Gasteiger partial charge on any atom is -0.465 e. The molecule has 0 bridgehead atoms. The number of carbonyl (C=O) groups is 1. The number of carbonyl (C=O) groups excluding carboxylic acids is 1. The third-order valence-electron chi connectivity index (χ3n) is 4.18. The van der Waals surface area contributed by atoms with E-state index in [1.54, 1.807) is 24.3 Å². The van der Waals surface area contributed by atoms with E-state index < -0.39 is 0 Å². The third kappa shape index (κ3) is 3.30. The maximum Gasteiger partial charge on any atom is 0.337 e. The molecule has 0 amide bonds. The van der Waals surface area contributed by atoms with Gasteiger partial charge < -0.3 is 9.47 Å². The molecule has 7 heteroatoms. The van der Waals surface area contributed by atoms with Gasteiger partial charge in [0.15, 0.2) is 5.82 Å². The van der Waals surface area contributed by atoms with Crippen LogP contribution in [0.4, 0.5) is 0 Å². The number of aryl methyl sites for hydroxylation is 1. The number of benzene rings is 1. The Bertz CT molecular complexity index is 969. The first kappa shape index (κ1) is 17.0. The number of rotatable bonds is 4. The number of halogens is 1. The lowest BCUT2D eigenvalue weighted by molar-refractivity contribution is 0.0600. The standard InChI is InChI=1S/C19H15ClN2O3S/c1-24-19(23)11-5-7-12(8-6-11)25-18-13-3-2-4-14(13)21-17(22-18)15-9-10-16(20)26-15/h5-10H,2-4H2,1H3. The van der Waals surface area contributed by atoms with Crippen LogP contribution in [0.15, 0.2) is 36.4 Å². The van der Waals surface area contributed by atoms with Gasteiger partial charge >= 0.3 is 5.97 Å². The lowest BCUT2D eigenvalue weighted by Gasteiger charge is -2.11. The summed E-state index contributed by atoms with van der Waals surface area (Å²) in [7, 11) is 1.36. The summed E-state index contributed by atoms with van der Waals surface area (Å²) < 4.78 is 11.4. The van der Waals surface area contributed by atoms with E-state index in [1.165, 1.54) is 18.4 Å². The van der Waals surface area contributed by atoms with Crippen LogP contribution in [-0.4, -0.2) is 23.0 Å². The first-order chi connectivity index (χ1) is 12.6. The zero-order valence-corrected chi connectivity index (χ0v) is 15.6. The smallest absolute Gasteiger partial charge is 0.337 e. The Morgan fingerprint density at radius 3 is 2.62 bits per heavy atom. The summed E-state index contributed by atoms with van der Waals surface area (Å²) in [5, 5.41) is 0. The van der Waals surface area contributed by atoms with Gasteiger partial charge in [-0.15, -0.1) is 11.3 Å².